The number of ether oxygens (including phenoxy) is 1. The number of nitrogens with one attached hydrogen (secondary N) is 1. The molecule has 1 aromatic rings. The Bertz CT molecular complexity index is 626. The molecule has 10 heteroatoms. The standard InChI is InChI=1S/C13H14ClF3N4OS/c1-7(21-10(23)2-3-19-12(21)18)8-4-9(14)11(20-5-8)22-6-13(15,16)17/h2-5,7,12,19H,6,18H2,1H3. The summed E-state index contributed by atoms with van der Waals surface area (Å²) in [5.41, 5.74) is 6.59. The van der Waals surface area contributed by atoms with Gasteiger partial charge in [-0.05, 0) is 24.6 Å². The predicted molar refractivity (Wildman–Crippen MR) is 83.9 cm³/mol. The van der Waals surface area contributed by atoms with E-state index in [1.54, 1.807) is 17.2 Å². The second-order valence-electron chi connectivity index (χ2n) is 4.83. The average Bonchev–Trinajstić information content (AvgIpc) is 2.44. The Morgan fingerprint density at radius 1 is 1.57 bits per heavy atom. The molecular formula is C13H14ClF3N4OS. The second-order valence-corrected chi connectivity index (χ2v) is 5.65. The van der Waals surface area contributed by atoms with Crippen LogP contribution in [0.1, 0.15) is 18.5 Å². The minimum Gasteiger partial charge on any atom is -0.467 e. The molecule has 0 fully saturated rings. The Labute approximate surface area is 141 Å². The molecule has 3 N–H and O–H groups in total. The third-order valence-electron chi connectivity index (χ3n) is 3.15. The molecule has 126 valence electrons. The first kappa shape index (κ1) is 17.8. The molecule has 2 heterocycles. The number of nitrogens with zero attached hydrogens (tertiary/aromatic N) is 2. The number of halogens is 4. The van der Waals surface area contributed by atoms with Gasteiger partial charge in [-0.15, -0.1) is 0 Å². The fourth-order valence-corrected chi connectivity index (χ4v) is 2.61. The highest BCUT2D eigenvalue weighted by Crippen LogP contribution is 2.30. The molecule has 0 amide bonds. The molecule has 0 saturated heterocycles. The van der Waals surface area contributed by atoms with E-state index in [4.69, 9.17) is 29.6 Å². The molecular weight excluding hydrogens is 353 g/mol. The average molecular weight is 367 g/mol. The van der Waals surface area contributed by atoms with E-state index in [0.717, 1.165) is 0 Å². The predicted octanol–water partition coefficient (Wildman–Crippen LogP) is 2.73. The lowest BCUT2D eigenvalue weighted by Crippen LogP contribution is -2.55. The second kappa shape index (κ2) is 6.90. The fourth-order valence-electron chi connectivity index (χ4n) is 2.04. The van der Waals surface area contributed by atoms with Gasteiger partial charge in [0.05, 0.1) is 6.04 Å². The van der Waals surface area contributed by atoms with Crippen LogP contribution in [0.3, 0.4) is 0 Å². The largest absolute Gasteiger partial charge is 0.467 e. The number of hydrogen-bond donors (Lipinski definition) is 2. The van der Waals surface area contributed by atoms with Gasteiger partial charge in [0, 0.05) is 12.4 Å². The maximum atomic E-state index is 12.2. The van der Waals surface area contributed by atoms with Crippen LogP contribution < -0.4 is 15.8 Å². The van der Waals surface area contributed by atoms with Crippen LogP contribution in [-0.2, 0) is 0 Å². The van der Waals surface area contributed by atoms with Crippen LogP contribution in [0.4, 0.5) is 13.2 Å². The minimum absolute atomic E-state index is 0.0152. The molecule has 2 unspecified atom stereocenters. The van der Waals surface area contributed by atoms with E-state index >= 15 is 0 Å². The van der Waals surface area contributed by atoms with Crippen molar-refractivity contribution >= 4 is 28.8 Å². The molecule has 1 aromatic heterocycles. The van der Waals surface area contributed by atoms with Gasteiger partial charge in [0.2, 0.25) is 5.88 Å². The molecule has 0 spiro atoms. The number of hydrogen-bond acceptors (Lipinski definition) is 5. The van der Waals surface area contributed by atoms with Crippen LogP contribution in [-0.4, -0.2) is 33.9 Å². The number of pyridine rings is 1. The number of aromatic nitrogens is 1. The van der Waals surface area contributed by atoms with Crippen LogP contribution in [0.2, 0.25) is 5.02 Å². The third-order valence-corrected chi connectivity index (χ3v) is 3.77. The van der Waals surface area contributed by atoms with Crippen molar-refractivity contribution in [1.82, 2.24) is 15.2 Å². The molecule has 0 aliphatic carbocycles. The van der Waals surface area contributed by atoms with E-state index in [9.17, 15) is 13.2 Å². The van der Waals surface area contributed by atoms with Crippen molar-refractivity contribution in [2.45, 2.75) is 25.4 Å². The monoisotopic (exact) mass is 366 g/mol. The normalized spacial score (nSPS) is 19.5. The van der Waals surface area contributed by atoms with Crippen molar-refractivity contribution in [2.75, 3.05) is 6.61 Å². The Morgan fingerprint density at radius 3 is 2.83 bits per heavy atom. The lowest BCUT2D eigenvalue weighted by molar-refractivity contribution is -0.154. The SMILES string of the molecule is CC(c1cnc(OCC(F)(F)F)c(Cl)c1)N1C(=S)C=CNC1N. The lowest BCUT2D eigenvalue weighted by Gasteiger charge is -2.38. The highest BCUT2D eigenvalue weighted by atomic mass is 35.5. The van der Waals surface area contributed by atoms with Gasteiger partial charge in [-0.2, -0.15) is 13.2 Å². The van der Waals surface area contributed by atoms with Gasteiger partial charge in [0.25, 0.3) is 0 Å². The van der Waals surface area contributed by atoms with Crippen LogP contribution >= 0.6 is 23.8 Å². The fraction of sp³-hybridized carbons (Fsp3) is 0.385. The van der Waals surface area contributed by atoms with Crippen molar-refractivity contribution < 1.29 is 17.9 Å². The van der Waals surface area contributed by atoms with Gasteiger partial charge in [-0.25, -0.2) is 4.98 Å². The van der Waals surface area contributed by atoms with Gasteiger partial charge in [-0.3, -0.25) is 5.73 Å². The highest BCUT2D eigenvalue weighted by molar-refractivity contribution is 7.80. The summed E-state index contributed by atoms with van der Waals surface area (Å²) in [4.78, 5) is 6.09. The summed E-state index contributed by atoms with van der Waals surface area (Å²) in [6.07, 6.45) is -0.263. The summed E-state index contributed by atoms with van der Waals surface area (Å²) >= 11 is 11.2. The third kappa shape index (κ3) is 4.46. The minimum atomic E-state index is -4.46. The van der Waals surface area contributed by atoms with Crippen LogP contribution in [0.5, 0.6) is 5.88 Å². The summed E-state index contributed by atoms with van der Waals surface area (Å²) in [6.45, 7) is 0.376. The zero-order valence-corrected chi connectivity index (χ0v) is 13.5. The molecule has 2 atom stereocenters. The van der Waals surface area contributed by atoms with Gasteiger partial charge in [0.1, 0.15) is 10.0 Å². The Morgan fingerprint density at radius 2 is 2.26 bits per heavy atom. The van der Waals surface area contributed by atoms with E-state index in [2.05, 4.69) is 15.0 Å². The molecule has 0 saturated carbocycles. The maximum Gasteiger partial charge on any atom is 0.422 e. The number of thiocarbonyl (C=S) groups is 1. The first-order valence-electron chi connectivity index (χ1n) is 6.54. The van der Waals surface area contributed by atoms with Crippen molar-refractivity contribution in [3.8, 4) is 5.88 Å². The van der Waals surface area contributed by atoms with Crippen molar-refractivity contribution in [3.05, 3.63) is 35.1 Å². The lowest BCUT2D eigenvalue weighted by atomic mass is 10.1. The van der Waals surface area contributed by atoms with Gasteiger partial charge in [0.15, 0.2) is 12.9 Å². The molecule has 0 aromatic carbocycles. The molecule has 23 heavy (non-hydrogen) atoms. The highest BCUT2D eigenvalue weighted by Gasteiger charge is 2.30. The maximum absolute atomic E-state index is 12.2. The number of alkyl halides is 3. The zero-order chi connectivity index (χ0) is 17.2. The molecule has 0 radical (unpaired) electrons. The summed E-state index contributed by atoms with van der Waals surface area (Å²) in [7, 11) is 0. The number of rotatable bonds is 4. The van der Waals surface area contributed by atoms with E-state index < -0.39 is 19.1 Å². The van der Waals surface area contributed by atoms with Crippen molar-refractivity contribution in [2.24, 2.45) is 5.73 Å². The van der Waals surface area contributed by atoms with Gasteiger partial charge < -0.3 is 15.0 Å². The summed E-state index contributed by atoms with van der Waals surface area (Å²) < 4.78 is 41.1. The first-order valence-corrected chi connectivity index (χ1v) is 7.33. The van der Waals surface area contributed by atoms with Gasteiger partial charge in [-0.1, -0.05) is 23.8 Å². The van der Waals surface area contributed by atoms with E-state index in [0.29, 0.717) is 10.6 Å². The van der Waals surface area contributed by atoms with Crippen molar-refractivity contribution in [1.29, 1.82) is 0 Å². The van der Waals surface area contributed by atoms with E-state index in [1.165, 1.54) is 12.3 Å². The first-order chi connectivity index (χ1) is 10.7. The smallest absolute Gasteiger partial charge is 0.422 e. The molecule has 1 aliphatic heterocycles. The van der Waals surface area contributed by atoms with Crippen LogP contribution in [0.15, 0.2) is 24.5 Å². The van der Waals surface area contributed by atoms with E-state index in [-0.39, 0.29) is 16.9 Å². The molecule has 5 nitrogen and oxygen atoms in total. The summed E-state index contributed by atoms with van der Waals surface area (Å²) in [6, 6.07) is 1.20. The quantitative estimate of drug-likeness (QED) is 0.799. The number of nitrogens with two attached hydrogens (primary N) is 1. The Balaban J connectivity index is 2.16. The Hall–Kier alpha value is -1.58. The Kier molecular flexibility index (Phi) is 5.33. The molecule has 2 rings (SSSR count). The van der Waals surface area contributed by atoms with E-state index in [1.807, 2.05) is 6.92 Å². The van der Waals surface area contributed by atoms with Gasteiger partial charge >= 0.3 is 6.18 Å². The van der Waals surface area contributed by atoms with Crippen LogP contribution in [0.25, 0.3) is 0 Å². The van der Waals surface area contributed by atoms with Crippen molar-refractivity contribution in [3.63, 3.8) is 0 Å². The topological polar surface area (TPSA) is 63.4 Å². The molecule has 1 aliphatic rings. The summed E-state index contributed by atoms with van der Waals surface area (Å²) in [5.74, 6) is -0.275. The zero-order valence-electron chi connectivity index (χ0n) is 12.0. The molecule has 0 bridgehead atoms. The summed E-state index contributed by atoms with van der Waals surface area (Å²) in [5, 5.41) is 2.89. The van der Waals surface area contributed by atoms with Crippen LogP contribution in [0, 0.1) is 0 Å².